The summed E-state index contributed by atoms with van der Waals surface area (Å²) in [6.45, 7) is 1.79. The first-order valence-electron chi connectivity index (χ1n) is 19.0. The summed E-state index contributed by atoms with van der Waals surface area (Å²) in [5.74, 6) is -1.06. The zero-order chi connectivity index (χ0) is 34.9. The van der Waals surface area contributed by atoms with Crippen molar-refractivity contribution in [2.24, 2.45) is 0 Å². The van der Waals surface area contributed by atoms with E-state index in [1.54, 1.807) is 6.92 Å². The van der Waals surface area contributed by atoms with E-state index in [2.05, 4.69) is 6.92 Å². The fourth-order valence-electron chi connectivity index (χ4n) is 5.39. The lowest BCUT2D eigenvalue weighted by Gasteiger charge is -2.20. The highest BCUT2D eigenvalue weighted by Gasteiger charge is 2.27. The highest BCUT2D eigenvalue weighted by molar-refractivity contribution is 7.47. The molecule has 0 bridgehead atoms. The molecule has 3 N–H and O–H groups in total. The number of phosphoric ester groups is 1. The van der Waals surface area contributed by atoms with Gasteiger partial charge in [0.15, 0.2) is 0 Å². The molecule has 0 aliphatic rings. The first-order chi connectivity index (χ1) is 22.8. The molecule has 0 aliphatic heterocycles. The molecule has 11 heteroatoms. The van der Waals surface area contributed by atoms with Crippen molar-refractivity contribution < 1.29 is 47.8 Å². The molecular formula is C36H71O10P. The second kappa shape index (κ2) is 33.5. The minimum Gasteiger partial charge on any atom is -0.457 e. The number of unbranched alkanes of at least 4 members (excludes halogenated alkanes) is 22. The van der Waals surface area contributed by atoms with E-state index in [4.69, 9.17) is 18.5 Å². The lowest BCUT2D eigenvalue weighted by Crippen LogP contribution is -2.28. The van der Waals surface area contributed by atoms with Crippen molar-refractivity contribution in [2.75, 3.05) is 26.4 Å². The van der Waals surface area contributed by atoms with Crippen molar-refractivity contribution in [1.82, 2.24) is 0 Å². The van der Waals surface area contributed by atoms with Crippen LogP contribution >= 0.6 is 7.82 Å². The van der Waals surface area contributed by atoms with Crippen LogP contribution in [0, 0.1) is 0 Å². The molecule has 3 unspecified atom stereocenters. The van der Waals surface area contributed by atoms with Crippen LogP contribution in [0.1, 0.15) is 181 Å². The fourth-order valence-corrected chi connectivity index (χ4v) is 6.17. The number of hydrogen-bond donors (Lipinski definition) is 3. The molecule has 0 radical (unpaired) electrons. The maximum Gasteiger partial charge on any atom is 0.472 e. The number of esters is 2. The van der Waals surface area contributed by atoms with Crippen LogP contribution in [-0.4, -0.2) is 65.7 Å². The number of carbonyl (C=O) groups is 2. The summed E-state index contributed by atoms with van der Waals surface area (Å²) in [5, 5.41) is 18.7. The quantitative estimate of drug-likeness (QED) is 0.0329. The molecular weight excluding hydrogens is 623 g/mol. The average Bonchev–Trinajstić information content (AvgIpc) is 3.05. The molecule has 280 valence electrons. The molecule has 0 spiro atoms. The van der Waals surface area contributed by atoms with Crippen LogP contribution < -0.4 is 0 Å². The molecule has 3 atom stereocenters. The molecule has 0 saturated carbocycles. The second-order valence-electron chi connectivity index (χ2n) is 12.9. The van der Waals surface area contributed by atoms with Gasteiger partial charge in [-0.1, -0.05) is 155 Å². The number of ether oxygens (including phenoxy) is 2. The Morgan fingerprint density at radius 2 is 0.787 bits per heavy atom. The summed E-state index contributed by atoms with van der Waals surface area (Å²) in [6.07, 6.45) is 28.6. The zero-order valence-corrected chi connectivity index (χ0v) is 30.9. The Morgan fingerprint density at radius 3 is 1.09 bits per heavy atom. The minimum atomic E-state index is -4.59. The lowest BCUT2D eigenvalue weighted by molar-refractivity contribution is -0.153. The average molecular weight is 695 g/mol. The smallest absolute Gasteiger partial charge is 0.457 e. The fraction of sp³-hybridized carbons (Fsp3) is 0.944. The van der Waals surface area contributed by atoms with Gasteiger partial charge in [0.05, 0.1) is 26.4 Å². The van der Waals surface area contributed by atoms with Crippen molar-refractivity contribution in [2.45, 2.75) is 193 Å². The molecule has 0 fully saturated rings. The van der Waals surface area contributed by atoms with E-state index in [-0.39, 0.29) is 12.8 Å². The van der Waals surface area contributed by atoms with Gasteiger partial charge in [0.1, 0.15) is 12.2 Å². The number of carbonyl (C=O) groups excluding carboxylic acids is 2. The van der Waals surface area contributed by atoms with Crippen molar-refractivity contribution in [3.05, 3.63) is 0 Å². The van der Waals surface area contributed by atoms with Crippen LogP contribution in [0.3, 0.4) is 0 Å². The van der Waals surface area contributed by atoms with E-state index in [1.165, 1.54) is 122 Å². The van der Waals surface area contributed by atoms with Crippen LogP contribution in [0.4, 0.5) is 0 Å². The molecule has 10 nitrogen and oxygen atoms in total. The van der Waals surface area contributed by atoms with Gasteiger partial charge in [-0.05, 0) is 12.8 Å². The number of rotatable bonds is 36. The number of aliphatic hydroxyl groups excluding tert-OH is 2. The first-order valence-corrected chi connectivity index (χ1v) is 20.5. The minimum absolute atomic E-state index is 0.146. The van der Waals surface area contributed by atoms with Gasteiger partial charge in [0.25, 0.3) is 0 Å². The Kier molecular flexibility index (Phi) is 32.7. The second-order valence-corrected chi connectivity index (χ2v) is 14.4. The van der Waals surface area contributed by atoms with Crippen molar-refractivity contribution >= 4 is 19.8 Å². The summed E-state index contributed by atoms with van der Waals surface area (Å²) in [5.41, 5.74) is 0. The Bertz CT molecular complexity index is 766. The van der Waals surface area contributed by atoms with Crippen molar-refractivity contribution in [3.63, 3.8) is 0 Å². The summed E-state index contributed by atoms with van der Waals surface area (Å²) in [6, 6.07) is 0. The number of phosphoric acid groups is 1. The van der Waals surface area contributed by atoms with Crippen LogP contribution in [0.25, 0.3) is 0 Å². The standard InChI is InChI=1S/C36H71O10P/c1-3-5-6-7-8-9-10-11-12-13-14-15-16-17-18-19-20-21-22-23-24-25-26-28-36(40)46-34(30-38)32-44-47(41,42)43-31-33(29-37)45-35(39)27-4-2/h33-34,37-38H,3-32H2,1-2H3,(H,41,42). The van der Waals surface area contributed by atoms with Gasteiger partial charge >= 0.3 is 19.8 Å². The molecule has 0 aliphatic carbocycles. The summed E-state index contributed by atoms with van der Waals surface area (Å²) >= 11 is 0. The van der Waals surface area contributed by atoms with E-state index in [0.717, 1.165) is 19.3 Å². The van der Waals surface area contributed by atoms with E-state index in [1.807, 2.05) is 0 Å². The highest BCUT2D eigenvalue weighted by Crippen LogP contribution is 2.43. The third-order valence-corrected chi connectivity index (χ3v) is 9.24. The van der Waals surface area contributed by atoms with Gasteiger partial charge in [0, 0.05) is 12.8 Å². The van der Waals surface area contributed by atoms with Gasteiger partial charge in [-0.3, -0.25) is 18.6 Å². The highest BCUT2D eigenvalue weighted by atomic mass is 31.2. The Balaban J connectivity index is 3.64. The molecule has 0 aromatic rings. The molecule has 0 aromatic carbocycles. The lowest BCUT2D eigenvalue weighted by atomic mass is 10.0. The van der Waals surface area contributed by atoms with Crippen LogP contribution in [0.15, 0.2) is 0 Å². The van der Waals surface area contributed by atoms with E-state index >= 15 is 0 Å². The van der Waals surface area contributed by atoms with Gasteiger partial charge in [-0.15, -0.1) is 0 Å². The van der Waals surface area contributed by atoms with E-state index in [0.29, 0.717) is 12.8 Å². The van der Waals surface area contributed by atoms with Crippen LogP contribution in [0.2, 0.25) is 0 Å². The third-order valence-electron chi connectivity index (χ3n) is 8.29. The molecule has 47 heavy (non-hydrogen) atoms. The van der Waals surface area contributed by atoms with Gasteiger partial charge in [-0.2, -0.15) is 0 Å². The molecule has 0 rings (SSSR count). The topological polar surface area (TPSA) is 149 Å². The normalized spacial score (nSPS) is 14.1. The molecule has 0 aromatic heterocycles. The first kappa shape index (κ1) is 46.0. The van der Waals surface area contributed by atoms with Gasteiger partial charge in [0.2, 0.25) is 0 Å². The van der Waals surface area contributed by atoms with Crippen molar-refractivity contribution in [3.8, 4) is 0 Å². The van der Waals surface area contributed by atoms with Crippen LogP contribution in [-0.2, 0) is 32.7 Å². The SMILES string of the molecule is CCCCCCCCCCCCCCCCCCCCCCCCCC(=O)OC(CO)COP(=O)(O)OCC(CO)OC(=O)CCC. The predicted molar refractivity (Wildman–Crippen MR) is 187 cm³/mol. The maximum absolute atomic E-state index is 12.1. The van der Waals surface area contributed by atoms with Crippen LogP contribution in [0.5, 0.6) is 0 Å². The van der Waals surface area contributed by atoms with Crippen molar-refractivity contribution in [1.29, 1.82) is 0 Å². The van der Waals surface area contributed by atoms with Gasteiger partial charge in [-0.25, -0.2) is 4.57 Å². The Morgan fingerprint density at radius 1 is 0.489 bits per heavy atom. The van der Waals surface area contributed by atoms with E-state index < -0.39 is 58.4 Å². The molecule has 0 heterocycles. The largest absolute Gasteiger partial charge is 0.472 e. The third kappa shape index (κ3) is 32.0. The monoisotopic (exact) mass is 694 g/mol. The predicted octanol–water partition coefficient (Wildman–Crippen LogP) is 9.11. The van der Waals surface area contributed by atoms with Gasteiger partial charge < -0.3 is 24.6 Å². The summed E-state index contributed by atoms with van der Waals surface area (Å²) in [7, 11) is -4.59. The Labute approximate surface area is 286 Å². The zero-order valence-electron chi connectivity index (χ0n) is 30.0. The molecule has 0 saturated heterocycles. The van der Waals surface area contributed by atoms with E-state index in [9.17, 15) is 29.3 Å². The Hall–Kier alpha value is -1.03. The summed E-state index contributed by atoms with van der Waals surface area (Å²) < 4.78 is 31.8. The number of hydrogen-bond acceptors (Lipinski definition) is 9. The number of aliphatic hydroxyl groups is 2. The molecule has 0 amide bonds. The summed E-state index contributed by atoms with van der Waals surface area (Å²) in [4.78, 5) is 33.5. The maximum atomic E-state index is 12.1.